The van der Waals surface area contributed by atoms with Crippen molar-refractivity contribution < 1.29 is 4.74 Å². The third-order valence-corrected chi connectivity index (χ3v) is 7.97. The van der Waals surface area contributed by atoms with Crippen LogP contribution in [0.25, 0.3) is 22.0 Å². The molecule has 0 radical (unpaired) electrons. The van der Waals surface area contributed by atoms with Crippen molar-refractivity contribution >= 4 is 45.6 Å². The van der Waals surface area contributed by atoms with Crippen molar-refractivity contribution in [2.75, 3.05) is 0 Å². The van der Waals surface area contributed by atoms with Crippen LogP contribution in [0.3, 0.4) is 0 Å². The largest absolute Gasteiger partial charge is 0.458 e. The number of rotatable bonds is 1. The highest BCUT2D eigenvalue weighted by Gasteiger charge is 2.40. The molecular formula is C29H22BN3OS. The van der Waals surface area contributed by atoms with E-state index in [4.69, 9.17) is 19.7 Å². The van der Waals surface area contributed by atoms with Gasteiger partial charge in [-0.1, -0.05) is 75.0 Å². The maximum atomic E-state index is 6.48. The summed E-state index contributed by atoms with van der Waals surface area (Å²) in [5, 5.41) is 3.38. The molecule has 0 saturated carbocycles. The lowest BCUT2D eigenvalue weighted by Crippen LogP contribution is -2.58. The first-order valence-corrected chi connectivity index (χ1v) is 12.6. The number of nitrogens with zero attached hydrogens (tertiary/aromatic N) is 3. The van der Waals surface area contributed by atoms with E-state index in [1.807, 2.05) is 24.7 Å². The van der Waals surface area contributed by atoms with Gasteiger partial charge < -0.3 is 4.74 Å². The highest BCUT2D eigenvalue weighted by molar-refractivity contribution is 8.00. The predicted molar refractivity (Wildman–Crippen MR) is 143 cm³/mol. The summed E-state index contributed by atoms with van der Waals surface area (Å²) in [5.74, 6) is 1.70. The standard InChI is InChI=1S/C29H22BN3OS/c1-29(2,3)26-14-25-21(16-33-26)30-20-15-32-22(19-10-6-8-17-7-4-5-9-18(17)19)13-24(20)34-23-11-12-31-28(35-25)27(23)30/h4-16H,1-3H3. The van der Waals surface area contributed by atoms with E-state index in [0.717, 1.165) is 44.4 Å². The van der Waals surface area contributed by atoms with E-state index in [9.17, 15) is 0 Å². The maximum Gasteiger partial charge on any atom is 0.259 e. The third kappa shape index (κ3) is 3.20. The molecule has 2 aromatic carbocycles. The summed E-state index contributed by atoms with van der Waals surface area (Å²) in [7, 11) is 0. The summed E-state index contributed by atoms with van der Waals surface area (Å²) in [4.78, 5) is 15.7. The Hall–Kier alpha value is -3.64. The van der Waals surface area contributed by atoms with E-state index in [-0.39, 0.29) is 12.1 Å². The summed E-state index contributed by atoms with van der Waals surface area (Å²) in [6, 6.07) is 21.0. The molecule has 0 spiro atoms. The second-order valence-corrected chi connectivity index (χ2v) is 11.2. The molecule has 0 fully saturated rings. The number of hydrogen-bond acceptors (Lipinski definition) is 5. The Balaban J connectivity index is 1.41. The average molecular weight is 471 g/mol. The van der Waals surface area contributed by atoms with Crippen molar-refractivity contribution in [2.24, 2.45) is 0 Å². The van der Waals surface area contributed by atoms with E-state index in [2.05, 4.69) is 75.4 Å². The Morgan fingerprint density at radius 2 is 1.66 bits per heavy atom. The minimum absolute atomic E-state index is 0.00397. The summed E-state index contributed by atoms with van der Waals surface area (Å²) in [5.41, 5.74) is 6.43. The zero-order valence-corrected chi connectivity index (χ0v) is 20.6. The van der Waals surface area contributed by atoms with Crippen LogP contribution in [0.4, 0.5) is 0 Å². The lowest BCUT2D eigenvalue weighted by atomic mass is 9.36. The van der Waals surface area contributed by atoms with Gasteiger partial charge in [0.25, 0.3) is 6.71 Å². The van der Waals surface area contributed by atoms with Gasteiger partial charge in [0.2, 0.25) is 0 Å². The van der Waals surface area contributed by atoms with Crippen LogP contribution in [0.5, 0.6) is 11.5 Å². The van der Waals surface area contributed by atoms with Gasteiger partial charge in [0.15, 0.2) is 0 Å². The van der Waals surface area contributed by atoms with Crippen LogP contribution >= 0.6 is 11.8 Å². The fraction of sp³-hybridized carbons (Fsp3) is 0.138. The lowest BCUT2D eigenvalue weighted by Gasteiger charge is -2.32. The van der Waals surface area contributed by atoms with Crippen molar-refractivity contribution in [2.45, 2.75) is 36.1 Å². The van der Waals surface area contributed by atoms with Crippen LogP contribution < -0.4 is 21.1 Å². The van der Waals surface area contributed by atoms with E-state index >= 15 is 0 Å². The van der Waals surface area contributed by atoms with Crippen molar-refractivity contribution in [1.29, 1.82) is 0 Å². The quantitative estimate of drug-likeness (QED) is 0.313. The second-order valence-electron chi connectivity index (χ2n) is 10.2. The number of pyridine rings is 3. The Morgan fingerprint density at radius 3 is 2.54 bits per heavy atom. The molecule has 0 saturated heterocycles. The molecule has 3 aromatic heterocycles. The number of benzene rings is 2. The predicted octanol–water partition coefficient (Wildman–Crippen LogP) is 5.08. The fourth-order valence-electron chi connectivity index (χ4n) is 5.09. The molecule has 0 N–H and O–H groups in total. The second kappa shape index (κ2) is 7.43. The van der Waals surface area contributed by atoms with Crippen LogP contribution in [0, 0.1) is 0 Å². The smallest absolute Gasteiger partial charge is 0.259 e. The summed E-state index contributed by atoms with van der Waals surface area (Å²) in [6.07, 6.45) is 5.86. The lowest BCUT2D eigenvalue weighted by molar-refractivity contribution is 0.484. The van der Waals surface area contributed by atoms with Crippen molar-refractivity contribution in [3.8, 4) is 22.8 Å². The topological polar surface area (TPSA) is 47.9 Å². The van der Waals surface area contributed by atoms with E-state index < -0.39 is 0 Å². The highest BCUT2D eigenvalue weighted by atomic mass is 32.2. The molecule has 0 atom stereocenters. The molecule has 7 rings (SSSR count). The maximum absolute atomic E-state index is 6.48. The molecule has 0 amide bonds. The molecule has 0 unspecified atom stereocenters. The van der Waals surface area contributed by atoms with Crippen LogP contribution in [-0.4, -0.2) is 21.7 Å². The molecule has 2 aliphatic rings. The molecule has 6 heteroatoms. The first kappa shape index (κ1) is 20.7. The zero-order chi connectivity index (χ0) is 23.7. The van der Waals surface area contributed by atoms with Crippen molar-refractivity contribution in [1.82, 2.24) is 15.0 Å². The van der Waals surface area contributed by atoms with Crippen molar-refractivity contribution in [3.05, 3.63) is 84.9 Å². The van der Waals surface area contributed by atoms with E-state index in [1.54, 1.807) is 11.8 Å². The summed E-state index contributed by atoms with van der Waals surface area (Å²) >= 11 is 1.70. The average Bonchev–Trinajstić information content (AvgIpc) is 2.87. The molecule has 168 valence electrons. The fourth-order valence-corrected chi connectivity index (χ4v) is 6.20. The summed E-state index contributed by atoms with van der Waals surface area (Å²) < 4.78 is 6.48. The van der Waals surface area contributed by atoms with Crippen LogP contribution in [-0.2, 0) is 5.41 Å². The number of fused-ring (bicyclic) bond motifs is 5. The molecule has 35 heavy (non-hydrogen) atoms. The Kier molecular flexibility index (Phi) is 4.40. The minimum Gasteiger partial charge on any atom is -0.458 e. The summed E-state index contributed by atoms with van der Waals surface area (Å²) in [6.45, 7) is 6.59. The van der Waals surface area contributed by atoms with Crippen LogP contribution in [0.15, 0.2) is 89.2 Å². The molecule has 0 aliphatic carbocycles. The van der Waals surface area contributed by atoms with Gasteiger partial charge >= 0.3 is 0 Å². The van der Waals surface area contributed by atoms with Gasteiger partial charge in [-0.25, -0.2) is 4.98 Å². The number of ether oxygens (including phenoxy) is 1. The molecule has 0 bridgehead atoms. The molecule has 5 aromatic rings. The SMILES string of the molecule is CC(C)(C)c1cc2c(cn1)B1c3cnc(-c4cccc5ccccc45)cc3Oc3ccnc(c31)S2. The van der Waals surface area contributed by atoms with Gasteiger partial charge in [-0.15, -0.1) is 0 Å². The van der Waals surface area contributed by atoms with Gasteiger partial charge in [0.05, 0.1) is 10.7 Å². The third-order valence-electron chi connectivity index (χ3n) is 6.87. The number of aromatic nitrogens is 3. The Bertz CT molecular complexity index is 1660. The minimum atomic E-state index is -0.0202. The first-order valence-electron chi connectivity index (χ1n) is 11.8. The normalized spacial score (nSPS) is 13.6. The molecular weight excluding hydrogens is 449 g/mol. The van der Waals surface area contributed by atoms with Gasteiger partial charge in [-0.2, -0.15) is 0 Å². The van der Waals surface area contributed by atoms with Crippen molar-refractivity contribution in [3.63, 3.8) is 0 Å². The molecule has 5 heterocycles. The molecule has 2 aliphatic heterocycles. The Morgan fingerprint density at radius 1 is 0.829 bits per heavy atom. The van der Waals surface area contributed by atoms with Gasteiger partial charge in [0.1, 0.15) is 11.5 Å². The van der Waals surface area contributed by atoms with Crippen LogP contribution in [0.1, 0.15) is 26.5 Å². The van der Waals surface area contributed by atoms with Gasteiger partial charge in [-0.05, 0) is 33.8 Å². The Labute approximate surface area is 208 Å². The zero-order valence-electron chi connectivity index (χ0n) is 19.7. The highest BCUT2D eigenvalue weighted by Crippen LogP contribution is 2.37. The monoisotopic (exact) mass is 471 g/mol. The van der Waals surface area contributed by atoms with E-state index in [0.29, 0.717) is 0 Å². The first-order chi connectivity index (χ1) is 17.0. The van der Waals surface area contributed by atoms with E-state index in [1.165, 1.54) is 21.1 Å². The molecule has 4 nitrogen and oxygen atoms in total. The van der Waals surface area contributed by atoms with Crippen LogP contribution in [0.2, 0.25) is 0 Å². The van der Waals surface area contributed by atoms with Gasteiger partial charge in [-0.3, -0.25) is 9.97 Å². The van der Waals surface area contributed by atoms with Gasteiger partial charge in [0, 0.05) is 51.7 Å². The number of hydrogen-bond donors (Lipinski definition) is 0.